The molecule has 2 amide bonds. The Hall–Kier alpha value is -1.88. The Morgan fingerprint density at radius 2 is 1.94 bits per heavy atom. The van der Waals surface area contributed by atoms with Crippen molar-refractivity contribution >= 4 is 11.8 Å². The first-order chi connectivity index (χ1) is 7.74. The van der Waals surface area contributed by atoms with Crippen LogP contribution in [-0.2, 0) is 9.63 Å². The molecule has 0 aliphatic rings. The normalized spacial score (nSPS) is 9.56. The quantitative estimate of drug-likeness (QED) is 0.712. The second kappa shape index (κ2) is 6.58. The molecular weight excluding hydrogens is 208 g/mol. The van der Waals surface area contributed by atoms with E-state index in [2.05, 4.69) is 15.6 Å². The van der Waals surface area contributed by atoms with Crippen LogP contribution in [0, 0.1) is 0 Å². The van der Waals surface area contributed by atoms with E-state index in [1.165, 1.54) is 7.11 Å². The van der Waals surface area contributed by atoms with Crippen molar-refractivity contribution in [1.29, 1.82) is 0 Å². The van der Waals surface area contributed by atoms with E-state index in [0.29, 0.717) is 5.56 Å². The van der Waals surface area contributed by atoms with Gasteiger partial charge in [0.25, 0.3) is 5.91 Å². The average molecular weight is 222 g/mol. The van der Waals surface area contributed by atoms with E-state index in [9.17, 15) is 9.59 Å². The van der Waals surface area contributed by atoms with Gasteiger partial charge in [-0.2, -0.15) is 0 Å². The maximum absolute atomic E-state index is 11.5. The molecule has 0 aliphatic carbocycles. The Kier molecular flexibility index (Phi) is 5.01. The van der Waals surface area contributed by atoms with E-state index in [-0.39, 0.29) is 24.8 Å². The smallest absolute Gasteiger partial charge is 0.251 e. The number of nitrogens with one attached hydrogen (secondary N) is 2. The van der Waals surface area contributed by atoms with Gasteiger partial charge < -0.3 is 5.32 Å². The van der Waals surface area contributed by atoms with Gasteiger partial charge in [-0.3, -0.25) is 14.4 Å². The fraction of sp³-hybridized carbons (Fsp3) is 0.273. The van der Waals surface area contributed by atoms with Crippen molar-refractivity contribution < 1.29 is 14.4 Å². The van der Waals surface area contributed by atoms with Gasteiger partial charge in [0.1, 0.15) is 0 Å². The van der Waals surface area contributed by atoms with Gasteiger partial charge in [0.15, 0.2) is 0 Å². The Labute approximate surface area is 93.7 Å². The molecule has 0 fully saturated rings. The van der Waals surface area contributed by atoms with E-state index in [0.717, 1.165) is 0 Å². The third kappa shape index (κ3) is 4.10. The number of benzene rings is 1. The Morgan fingerprint density at radius 3 is 2.56 bits per heavy atom. The zero-order valence-corrected chi connectivity index (χ0v) is 9.03. The summed E-state index contributed by atoms with van der Waals surface area (Å²) >= 11 is 0. The van der Waals surface area contributed by atoms with Gasteiger partial charge >= 0.3 is 0 Å². The largest absolute Gasteiger partial charge is 0.352 e. The summed E-state index contributed by atoms with van der Waals surface area (Å²) in [7, 11) is 1.36. The molecule has 0 saturated carbocycles. The first-order valence-electron chi connectivity index (χ1n) is 4.89. The fourth-order valence-electron chi connectivity index (χ4n) is 1.15. The van der Waals surface area contributed by atoms with Crippen molar-refractivity contribution in [3.8, 4) is 0 Å². The highest BCUT2D eigenvalue weighted by molar-refractivity contribution is 5.94. The minimum absolute atomic E-state index is 0.187. The maximum Gasteiger partial charge on any atom is 0.251 e. The van der Waals surface area contributed by atoms with E-state index in [1.54, 1.807) is 24.3 Å². The van der Waals surface area contributed by atoms with Gasteiger partial charge in [-0.25, -0.2) is 5.48 Å². The highest BCUT2D eigenvalue weighted by Gasteiger charge is 2.05. The summed E-state index contributed by atoms with van der Waals surface area (Å²) in [6.07, 6.45) is 0.187. The second-order valence-corrected chi connectivity index (χ2v) is 3.10. The van der Waals surface area contributed by atoms with Crippen molar-refractivity contribution in [1.82, 2.24) is 10.8 Å². The van der Waals surface area contributed by atoms with Crippen LogP contribution in [0.4, 0.5) is 0 Å². The minimum Gasteiger partial charge on any atom is -0.352 e. The van der Waals surface area contributed by atoms with Gasteiger partial charge in [0.05, 0.1) is 7.11 Å². The molecule has 0 heterocycles. The third-order valence-corrected chi connectivity index (χ3v) is 1.89. The lowest BCUT2D eigenvalue weighted by Gasteiger charge is -2.04. The van der Waals surface area contributed by atoms with Crippen LogP contribution < -0.4 is 10.8 Å². The van der Waals surface area contributed by atoms with E-state index in [1.807, 2.05) is 6.07 Å². The molecule has 0 bridgehead atoms. The van der Waals surface area contributed by atoms with Gasteiger partial charge in [-0.15, -0.1) is 0 Å². The monoisotopic (exact) mass is 222 g/mol. The molecule has 0 atom stereocenters. The van der Waals surface area contributed by atoms with Crippen molar-refractivity contribution in [2.45, 2.75) is 6.42 Å². The predicted molar refractivity (Wildman–Crippen MR) is 58.5 cm³/mol. The molecule has 0 saturated heterocycles. The molecular formula is C11H14N2O3. The highest BCUT2D eigenvalue weighted by Crippen LogP contribution is 1.97. The molecule has 16 heavy (non-hydrogen) atoms. The van der Waals surface area contributed by atoms with Crippen LogP contribution in [0.15, 0.2) is 30.3 Å². The van der Waals surface area contributed by atoms with Crippen molar-refractivity contribution in [2.75, 3.05) is 13.7 Å². The number of hydrogen-bond donors (Lipinski definition) is 2. The Bertz CT molecular complexity index is 352. The third-order valence-electron chi connectivity index (χ3n) is 1.89. The molecule has 1 aromatic rings. The number of rotatable bonds is 5. The predicted octanol–water partition coefficient (Wildman–Crippen LogP) is 0.484. The van der Waals surface area contributed by atoms with E-state index >= 15 is 0 Å². The number of amides is 2. The second-order valence-electron chi connectivity index (χ2n) is 3.10. The lowest BCUT2D eigenvalue weighted by molar-refractivity contribution is -0.131. The maximum atomic E-state index is 11.5. The summed E-state index contributed by atoms with van der Waals surface area (Å²) in [4.78, 5) is 26.9. The molecule has 5 nitrogen and oxygen atoms in total. The zero-order valence-electron chi connectivity index (χ0n) is 9.03. The Morgan fingerprint density at radius 1 is 1.25 bits per heavy atom. The van der Waals surface area contributed by atoms with Crippen LogP contribution >= 0.6 is 0 Å². The molecule has 0 aliphatic heterocycles. The van der Waals surface area contributed by atoms with Crippen LogP contribution in [0.1, 0.15) is 16.8 Å². The first kappa shape index (κ1) is 12.2. The molecule has 0 unspecified atom stereocenters. The summed E-state index contributed by atoms with van der Waals surface area (Å²) in [6.45, 7) is 0.281. The van der Waals surface area contributed by atoms with Crippen LogP contribution in [0.3, 0.4) is 0 Å². The lowest BCUT2D eigenvalue weighted by atomic mass is 10.2. The van der Waals surface area contributed by atoms with Crippen molar-refractivity contribution in [3.05, 3.63) is 35.9 Å². The van der Waals surface area contributed by atoms with E-state index < -0.39 is 0 Å². The highest BCUT2D eigenvalue weighted by atomic mass is 16.6. The summed E-state index contributed by atoms with van der Waals surface area (Å²) in [5, 5.41) is 2.63. The summed E-state index contributed by atoms with van der Waals surface area (Å²) in [5.74, 6) is -0.457. The standard InChI is InChI=1S/C11H14N2O3/c1-16-13-10(14)7-8-12-11(15)9-5-3-2-4-6-9/h2-6H,7-8H2,1H3,(H,12,15)(H,13,14). The Balaban J connectivity index is 2.29. The van der Waals surface area contributed by atoms with Gasteiger partial charge in [-0.1, -0.05) is 18.2 Å². The molecule has 0 aromatic heterocycles. The number of hydroxylamine groups is 1. The fourth-order valence-corrected chi connectivity index (χ4v) is 1.15. The molecule has 0 radical (unpaired) electrons. The van der Waals surface area contributed by atoms with Crippen molar-refractivity contribution in [2.24, 2.45) is 0 Å². The molecule has 1 rings (SSSR count). The van der Waals surface area contributed by atoms with Gasteiger partial charge in [-0.05, 0) is 12.1 Å². The van der Waals surface area contributed by atoms with Crippen LogP contribution in [0.2, 0.25) is 0 Å². The molecule has 2 N–H and O–H groups in total. The molecule has 0 spiro atoms. The number of hydrogen-bond acceptors (Lipinski definition) is 3. The van der Waals surface area contributed by atoms with E-state index in [4.69, 9.17) is 0 Å². The van der Waals surface area contributed by atoms with Crippen LogP contribution in [0.5, 0.6) is 0 Å². The van der Waals surface area contributed by atoms with Crippen LogP contribution in [0.25, 0.3) is 0 Å². The number of carbonyl (C=O) groups is 2. The molecule has 86 valence electrons. The average Bonchev–Trinajstić information content (AvgIpc) is 2.30. The molecule has 5 heteroatoms. The molecule has 1 aromatic carbocycles. The lowest BCUT2D eigenvalue weighted by Crippen LogP contribution is -2.30. The van der Waals surface area contributed by atoms with Gasteiger partial charge in [0, 0.05) is 18.5 Å². The van der Waals surface area contributed by atoms with Crippen molar-refractivity contribution in [3.63, 3.8) is 0 Å². The summed E-state index contributed by atoms with van der Waals surface area (Å²) < 4.78 is 0. The van der Waals surface area contributed by atoms with Crippen LogP contribution in [-0.4, -0.2) is 25.5 Å². The summed E-state index contributed by atoms with van der Waals surface area (Å²) in [5.41, 5.74) is 2.75. The first-order valence-corrected chi connectivity index (χ1v) is 4.89. The topological polar surface area (TPSA) is 67.4 Å². The van der Waals surface area contributed by atoms with Gasteiger partial charge in [0.2, 0.25) is 5.91 Å². The summed E-state index contributed by atoms with van der Waals surface area (Å²) in [6, 6.07) is 8.83. The number of carbonyl (C=O) groups excluding carboxylic acids is 2. The zero-order chi connectivity index (χ0) is 11.8. The minimum atomic E-state index is -0.268. The SMILES string of the molecule is CONC(=O)CCNC(=O)c1ccccc1.